The molecule has 0 bridgehead atoms. The molecule has 0 aromatic carbocycles. The minimum atomic E-state index is -0.267. The van der Waals surface area contributed by atoms with Crippen molar-refractivity contribution in [1.82, 2.24) is 24.8 Å². The summed E-state index contributed by atoms with van der Waals surface area (Å²) in [6.07, 6.45) is 7.23. The zero-order chi connectivity index (χ0) is 24.1. The maximum atomic E-state index is 12.2. The summed E-state index contributed by atoms with van der Waals surface area (Å²) in [7, 11) is 3.69. The molecule has 1 atom stereocenters. The largest absolute Gasteiger partial charge is 0.356 e. The highest BCUT2D eigenvalue weighted by Crippen LogP contribution is 2.26. The summed E-state index contributed by atoms with van der Waals surface area (Å²) in [5.74, 6) is 1.45. The molecule has 10 nitrogen and oxygen atoms in total. The van der Waals surface area contributed by atoms with Crippen LogP contribution < -0.4 is 15.5 Å². The molecule has 1 saturated heterocycles. The first-order chi connectivity index (χ1) is 16.4. The predicted octanol–water partition coefficient (Wildman–Crippen LogP) is 3.04. The van der Waals surface area contributed by atoms with Crippen LogP contribution in [0.2, 0.25) is 0 Å². The maximum absolute atomic E-state index is 12.2. The van der Waals surface area contributed by atoms with Gasteiger partial charge in [-0.25, -0.2) is 19.9 Å². The van der Waals surface area contributed by atoms with Crippen molar-refractivity contribution in [1.29, 1.82) is 5.26 Å². The van der Waals surface area contributed by atoms with Crippen LogP contribution in [0.4, 0.5) is 23.3 Å². The summed E-state index contributed by atoms with van der Waals surface area (Å²) in [6, 6.07) is 9.10. The fourth-order valence-electron chi connectivity index (χ4n) is 3.58. The van der Waals surface area contributed by atoms with Crippen LogP contribution in [-0.2, 0) is 4.79 Å². The fraction of sp³-hybridized carbons (Fsp3) is 0.333. The Bertz CT molecular complexity index is 1200. The summed E-state index contributed by atoms with van der Waals surface area (Å²) < 4.78 is 0. The average Bonchev–Trinajstić information content (AvgIpc) is 3.39. The Morgan fingerprint density at radius 1 is 1.15 bits per heavy atom. The van der Waals surface area contributed by atoms with E-state index in [0.29, 0.717) is 28.7 Å². The van der Waals surface area contributed by atoms with Crippen molar-refractivity contribution in [3.05, 3.63) is 48.4 Å². The van der Waals surface area contributed by atoms with E-state index in [9.17, 15) is 10.1 Å². The van der Waals surface area contributed by atoms with Crippen LogP contribution in [0.25, 0.3) is 11.3 Å². The van der Waals surface area contributed by atoms with E-state index in [-0.39, 0.29) is 11.9 Å². The van der Waals surface area contributed by atoms with Gasteiger partial charge in [-0.15, -0.1) is 0 Å². The van der Waals surface area contributed by atoms with Crippen LogP contribution in [0.5, 0.6) is 0 Å². The number of rotatable bonds is 7. The zero-order valence-corrected chi connectivity index (χ0v) is 19.5. The van der Waals surface area contributed by atoms with Gasteiger partial charge in [-0.2, -0.15) is 5.26 Å². The lowest BCUT2D eigenvalue weighted by Crippen LogP contribution is -2.37. The quantitative estimate of drug-likeness (QED) is 0.551. The molecule has 1 unspecified atom stereocenters. The Hall–Kier alpha value is -4.10. The minimum absolute atomic E-state index is 0.129. The van der Waals surface area contributed by atoms with Gasteiger partial charge in [0.1, 0.15) is 17.7 Å². The van der Waals surface area contributed by atoms with Gasteiger partial charge in [-0.3, -0.25) is 9.69 Å². The number of hydrogen-bond acceptors (Lipinski definition) is 9. The van der Waals surface area contributed by atoms with E-state index in [2.05, 4.69) is 41.5 Å². The van der Waals surface area contributed by atoms with Crippen LogP contribution in [0.3, 0.4) is 0 Å². The molecule has 2 N–H and O–H groups in total. The highest BCUT2D eigenvalue weighted by Gasteiger charge is 2.18. The topological polar surface area (TPSA) is 123 Å². The molecule has 0 aliphatic carbocycles. The summed E-state index contributed by atoms with van der Waals surface area (Å²) >= 11 is 0. The van der Waals surface area contributed by atoms with E-state index in [4.69, 9.17) is 0 Å². The number of likely N-dealkylation sites (N-methyl/N-ethyl adjacent to an activating group) is 1. The van der Waals surface area contributed by atoms with Gasteiger partial charge in [0.2, 0.25) is 11.9 Å². The molecule has 34 heavy (non-hydrogen) atoms. The number of hydrogen-bond donors (Lipinski definition) is 2. The molecule has 174 valence electrons. The van der Waals surface area contributed by atoms with Gasteiger partial charge in [-0.1, -0.05) is 0 Å². The van der Waals surface area contributed by atoms with Crippen molar-refractivity contribution in [2.75, 3.05) is 42.7 Å². The van der Waals surface area contributed by atoms with E-state index in [1.165, 1.54) is 0 Å². The normalized spacial score (nSPS) is 14.0. The zero-order valence-electron chi connectivity index (χ0n) is 19.5. The van der Waals surface area contributed by atoms with Crippen LogP contribution in [0, 0.1) is 11.3 Å². The third kappa shape index (κ3) is 5.27. The van der Waals surface area contributed by atoms with Crippen LogP contribution in [-0.4, -0.2) is 64.0 Å². The van der Waals surface area contributed by atoms with Gasteiger partial charge >= 0.3 is 0 Å². The second-order valence-electron chi connectivity index (χ2n) is 8.35. The molecule has 4 rings (SSSR count). The van der Waals surface area contributed by atoms with Gasteiger partial charge in [0, 0.05) is 31.0 Å². The van der Waals surface area contributed by atoms with Crippen molar-refractivity contribution in [2.45, 2.75) is 25.8 Å². The number of aromatic nitrogens is 4. The van der Waals surface area contributed by atoms with Gasteiger partial charge < -0.3 is 15.5 Å². The van der Waals surface area contributed by atoms with Crippen molar-refractivity contribution in [2.24, 2.45) is 0 Å². The number of nitrogens with one attached hydrogen (secondary N) is 2. The van der Waals surface area contributed by atoms with Gasteiger partial charge in [0.15, 0.2) is 0 Å². The molecule has 0 radical (unpaired) electrons. The van der Waals surface area contributed by atoms with Crippen molar-refractivity contribution in [3.63, 3.8) is 0 Å². The molecule has 3 aromatic rings. The first kappa shape index (κ1) is 23.1. The Balaban J connectivity index is 1.47. The lowest BCUT2D eigenvalue weighted by Gasteiger charge is -2.18. The van der Waals surface area contributed by atoms with Gasteiger partial charge in [0.05, 0.1) is 29.2 Å². The Kier molecular flexibility index (Phi) is 6.94. The number of nitriles is 1. The smallest absolute Gasteiger partial charge is 0.242 e. The highest BCUT2D eigenvalue weighted by atomic mass is 16.2. The first-order valence-corrected chi connectivity index (χ1v) is 11.1. The Morgan fingerprint density at radius 2 is 1.94 bits per heavy atom. The summed E-state index contributed by atoms with van der Waals surface area (Å²) in [4.78, 5) is 33.8. The monoisotopic (exact) mass is 457 g/mol. The van der Waals surface area contributed by atoms with Gasteiger partial charge in [-0.05, 0) is 58.1 Å². The maximum Gasteiger partial charge on any atom is 0.242 e. The van der Waals surface area contributed by atoms with Gasteiger partial charge in [0.25, 0.3) is 0 Å². The summed E-state index contributed by atoms with van der Waals surface area (Å²) in [5.41, 5.74) is 2.62. The number of carbonyl (C=O) groups is 1. The highest BCUT2D eigenvalue weighted by molar-refractivity contribution is 5.93. The molecular weight excluding hydrogens is 430 g/mol. The van der Waals surface area contributed by atoms with E-state index in [0.717, 1.165) is 37.3 Å². The second-order valence-corrected chi connectivity index (χ2v) is 8.35. The lowest BCUT2D eigenvalue weighted by atomic mass is 10.1. The third-order valence-corrected chi connectivity index (χ3v) is 5.77. The van der Waals surface area contributed by atoms with E-state index in [1.807, 2.05) is 32.0 Å². The van der Waals surface area contributed by atoms with Crippen LogP contribution >= 0.6 is 0 Å². The average molecular weight is 458 g/mol. The second kappa shape index (κ2) is 10.2. The molecule has 3 aromatic heterocycles. The molecular formula is C24H27N9O. The molecule has 1 aliphatic rings. The van der Waals surface area contributed by atoms with Crippen LogP contribution in [0.15, 0.2) is 42.9 Å². The van der Waals surface area contributed by atoms with E-state index < -0.39 is 0 Å². The van der Waals surface area contributed by atoms with Crippen LogP contribution in [0.1, 0.15) is 25.3 Å². The molecule has 1 amide bonds. The number of anilines is 4. The molecule has 0 saturated carbocycles. The SMILES string of the molecule is CC(C(=O)Nc1ccc(Nc2nccc(-c3cnc(N4CCCC4)c(C#N)c3)n2)cn1)N(C)C. The van der Waals surface area contributed by atoms with E-state index >= 15 is 0 Å². The molecule has 1 fully saturated rings. The molecule has 10 heteroatoms. The summed E-state index contributed by atoms with van der Waals surface area (Å²) in [5, 5.41) is 15.6. The molecule has 1 aliphatic heterocycles. The number of carbonyl (C=O) groups excluding carboxylic acids is 1. The fourth-order valence-corrected chi connectivity index (χ4v) is 3.58. The lowest BCUT2D eigenvalue weighted by molar-refractivity contribution is -0.119. The van der Waals surface area contributed by atoms with Crippen molar-refractivity contribution in [3.8, 4) is 17.3 Å². The number of pyridine rings is 2. The minimum Gasteiger partial charge on any atom is -0.356 e. The molecule has 4 heterocycles. The Labute approximate surface area is 198 Å². The standard InChI is InChI=1S/C24H27N9O/c1-16(32(2)3)23(34)31-21-7-6-19(15-27-21)29-24-26-9-8-20(30-24)18-12-17(13-25)22(28-14-18)33-10-4-5-11-33/h6-9,12,14-16H,4-5,10-11H2,1-3H3,(H,26,29,30)(H,27,31,34). The summed E-state index contributed by atoms with van der Waals surface area (Å²) in [6.45, 7) is 3.67. The third-order valence-electron chi connectivity index (χ3n) is 5.77. The number of nitrogens with zero attached hydrogens (tertiary/aromatic N) is 7. The first-order valence-electron chi connectivity index (χ1n) is 11.1. The number of amides is 1. The van der Waals surface area contributed by atoms with E-state index in [1.54, 1.807) is 36.8 Å². The molecule has 0 spiro atoms. The predicted molar refractivity (Wildman–Crippen MR) is 131 cm³/mol. The Morgan fingerprint density at radius 3 is 2.62 bits per heavy atom. The van der Waals surface area contributed by atoms with Crippen molar-refractivity contribution < 1.29 is 4.79 Å². The van der Waals surface area contributed by atoms with Crippen molar-refractivity contribution >= 4 is 29.2 Å².